The van der Waals surface area contributed by atoms with Crippen molar-refractivity contribution in [3.8, 4) is 0 Å². The van der Waals surface area contributed by atoms with Crippen molar-refractivity contribution in [3.63, 3.8) is 0 Å². The highest BCUT2D eigenvalue weighted by Crippen LogP contribution is 2.25. The number of carboxylic acid groups (broad SMARTS) is 1. The van der Waals surface area contributed by atoms with E-state index in [1.54, 1.807) is 24.3 Å². The Kier molecular flexibility index (Phi) is 4.55. The van der Waals surface area contributed by atoms with E-state index in [0.29, 0.717) is 0 Å². The van der Waals surface area contributed by atoms with Gasteiger partial charge in [0.05, 0.1) is 6.42 Å². The van der Waals surface area contributed by atoms with Crippen molar-refractivity contribution in [2.75, 3.05) is 5.32 Å². The molecule has 0 atom stereocenters. The van der Waals surface area contributed by atoms with E-state index in [9.17, 15) is 9.59 Å². The summed E-state index contributed by atoms with van der Waals surface area (Å²) >= 11 is 0. The molecule has 19 heavy (non-hydrogen) atoms. The van der Waals surface area contributed by atoms with Crippen LogP contribution in [0, 0.1) is 5.92 Å². The van der Waals surface area contributed by atoms with Crippen LogP contribution in [0.15, 0.2) is 24.3 Å². The summed E-state index contributed by atoms with van der Waals surface area (Å²) in [6.45, 7) is 0. The molecule has 4 nitrogen and oxygen atoms in total. The molecule has 0 heterocycles. The van der Waals surface area contributed by atoms with Gasteiger partial charge in [0.1, 0.15) is 0 Å². The fourth-order valence-electron chi connectivity index (χ4n) is 2.49. The SMILES string of the molecule is O=C(O)Cc1ccc(NC(=O)C2CCCCC2)cc1. The summed E-state index contributed by atoms with van der Waals surface area (Å²) in [6.07, 6.45) is 5.46. The van der Waals surface area contributed by atoms with Gasteiger partial charge in [-0.1, -0.05) is 31.4 Å². The fraction of sp³-hybridized carbons (Fsp3) is 0.467. The minimum Gasteiger partial charge on any atom is -0.481 e. The lowest BCUT2D eigenvalue weighted by atomic mass is 9.88. The summed E-state index contributed by atoms with van der Waals surface area (Å²) < 4.78 is 0. The minimum atomic E-state index is -0.848. The van der Waals surface area contributed by atoms with Crippen LogP contribution < -0.4 is 5.32 Å². The molecule has 1 aromatic carbocycles. The molecule has 2 rings (SSSR count). The van der Waals surface area contributed by atoms with Crippen LogP contribution in [-0.2, 0) is 16.0 Å². The van der Waals surface area contributed by atoms with E-state index < -0.39 is 5.97 Å². The second kappa shape index (κ2) is 6.36. The molecule has 4 heteroatoms. The number of aliphatic carboxylic acids is 1. The third kappa shape index (κ3) is 4.09. The highest BCUT2D eigenvalue weighted by Gasteiger charge is 2.20. The van der Waals surface area contributed by atoms with Crippen LogP contribution in [0.2, 0.25) is 0 Å². The number of anilines is 1. The lowest BCUT2D eigenvalue weighted by Crippen LogP contribution is -2.24. The Morgan fingerprint density at radius 3 is 2.32 bits per heavy atom. The van der Waals surface area contributed by atoms with Gasteiger partial charge >= 0.3 is 5.97 Å². The van der Waals surface area contributed by atoms with E-state index in [4.69, 9.17) is 5.11 Å². The van der Waals surface area contributed by atoms with E-state index >= 15 is 0 Å². The van der Waals surface area contributed by atoms with Gasteiger partial charge < -0.3 is 10.4 Å². The number of benzene rings is 1. The zero-order valence-corrected chi connectivity index (χ0v) is 10.9. The average Bonchev–Trinajstić information content (AvgIpc) is 2.41. The summed E-state index contributed by atoms with van der Waals surface area (Å²) in [4.78, 5) is 22.6. The van der Waals surface area contributed by atoms with Gasteiger partial charge in [-0.05, 0) is 30.5 Å². The Labute approximate surface area is 112 Å². The Hall–Kier alpha value is -1.84. The summed E-state index contributed by atoms with van der Waals surface area (Å²) in [5.41, 5.74) is 1.48. The van der Waals surface area contributed by atoms with Gasteiger partial charge in [0.15, 0.2) is 0 Å². The Balaban J connectivity index is 1.91. The second-order valence-corrected chi connectivity index (χ2v) is 5.09. The monoisotopic (exact) mass is 261 g/mol. The first-order chi connectivity index (χ1) is 9.15. The largest absolute Gasteiger partial charge is 0.481 e. The number of carboxylic acids is 1. The van der Waals surface area contributed by atoms with Crippen molar-refractivity contribution in [1.82, 2.24) is 0 Å². The first kappa shape index (κ1) is 13.6. The topological polar surface area (TPSA) is 66.4 Å². The standard InChI is InChI=1S/C15H19NO3/c17-14(18)10-11-6-8-13(9-7-11)16-15(19)12-4-2-1-3-5-12/h6-9,12H,1-5,10H2,(H,16,19)(H,17,18). The highest BCUT2D eigenvalue weighted by atomic mass is 16.4. The number of hydrogen-bond acceptors (Lipinski definition) is 2. The molecule has 1 aliphatic carbocycles. The smallest absolute Gasteiger partial charge is 0.307 e. The van der Waals surface area contributed by atoms with Crippen LogP contribution in [0.3, 0.4) is 0 Å². The Morgan fingerprint density at radius 2 is 1.74 bits per heavy atom. The number of carbonyl (C=O) groups is 2. The average molecular weight is 261 g/mol. The zero-order chi connectivity index (χ0) is 13.7. The van der Waals surface area contributed by atoms with Crippen molar-refractivity contribution in [2.45, 2.75) is 38.5 Å². The molecule has 0 aliphatic heterocycles. The number of amides is 1. The molecular formula is C15H19NO3. The van der Waals surface area contributed by atoms with Gasteiger partial charge in [0, 0.05) is 11.6 Å². The van der Waals surface area contributed by atoms with Gasteiger partial charge in [-0.2, -0.15) is 0 Å². The fourth-order valence-corrected chi connectivity index (χ4v) is 2.49. The summed E-state index contributed by atoms with van der Waals surface area (Å²) in [7, 11) is 0. The molecule has 0 unspecified atom stereocenters. The normalized spacial score (nSPS) is 16.0. The molecule has 0 saturated heterocycles. The number of nitrogens with one attached hydrogen (secondary N) is 1. The number of rotatable bonds is 4. The van der Waals surface area contributed by atoms with Crippen LogP contribution in [0.5, 0.6) is 0 Å². The van der Waals surface area contributed by atoms with Crippen LogP contribution in [-0.4, -0.2) is 17.0 Å². The third-order valence-corrected chi connectivity index (χ3v) is 3.55. The first-order valence-electron chi connectivity index (χ1n) is 6.77. The summed E-state index contributed by atoms with van der Waals surface area (Å²) in [5, 5.41) is 11.6. The number of carbonyl (C=O) groups excluding carboxylic acids is 1. The summed E-state index contributed by atoms with van der Waals surface area (Å²) in [5.74, 6) is -0.628. The van der Waals surface area contributed by atoms with Crippen molar-refractivity contribution >= 4 is 17.6 Å². The molecule has 1 aromatic rings. The predicted octanol–water partition coefficient (Wildman–Crippen LogP) is 2.83. The second-order valence-electron chi connectivity index (χ2n) is 5.09. The van der Waals surface area contributed by atoms with Crippen molar-refractivity contribution in [3.05, 3.63) is 29.8 Å². The Morgan fingerprint density at radius 1 is 1.11 bits per heavy atom. The van der Waals surface area contributed by atoms with E-state index in [2.05, 4.69) is 5.32 Å². The number of hydrogen-bond donors (Lipinski definition) is 2. The third-order valence-electron chi connectivity index (χ3n) is 3.55. The molecule has 1 aliphatic rings. The maximum atomic E-state index is 12.0. The van der Waals surface area contributed by atoms with Gasteiger partial charge in [-0.3, -0.25) is 9.59 Å². The van der Waals surface area contributed by atoms with Crippen LogP contribution in [0.25, 0.3) is 0 Å². The molecule has 0 spiro atoms. The van der Waals surface area contributed by atoms with Crippen molar-refractivity contribution in [1.29, 1.82) is 0 Å². The van der Waals surface area contributed by atoms with Crippen LogP contribution in [0.4, 0.5) is 5.69 Å². The molecule has 1 fully saturated rings. The van der Waals surface area contributed by atoms with Crippen LogP contribution >= 0.6 is 0 Å². The molecule has 0 bridgehead atoms. The lowest BCUT2D eigenvalue weighted by molar-refractivity contribution is -0.136. The van der Waals surface area contributed by atoms with Gasteiger partial charge in [0.25, 0.3) is 0 Å². The van der Waals surface area contributed by atoms with Crippen molar-refractivity contribution < 1.29 is 14.7 Å². The van der Waals surface area contributed by atoms with Crippen LogP contribution in [0.1, 0.15) is 37.7 Å². The maximum Gasteiger partial charge on any atom is 0.307 e. The molecule has 1 saturated carbocycles. The van der Waals surface area contributed by atoms with E-state index in [0.717, 1.165) is 36.9 Å². The van der Waals surface area contributed by atoms with E-state index in [1.165, 1.54) is 6.42 Å². The Bertz CT molecular complexity index is 447. The molecule has 0 aromatic heterocycles. The quantitative estimate of drug-likeness (QED) is 0.875. The van der Waals surface area contributed by atoms with Gasteiger partial charge in [0.2, 0.25) is 5.91 Å². The molecule has 102 valence electrons. The van der Waals surface area contributed by atoms with E-state index in [1.807, 2.05) is 0 Å². The lowest BCUT2D eigenvalue weighted by Gasteiger charge is -2.20. The maximum absolute atomic E-state index is 12.0. The molecule has 2 N–H and O–H groups in total. The van der Waals surface area contributed by atoms with E-state index in [-0.39, 0.29) is 18.2 Å². The molecular weight excluding hydrogens is 242 g/mol. The minimum absolute atomic E-state index is 0.0108. The van der Waals surface area contributed by atoms with Gasteiger partial charge in [-0.15, -0.1) is 0 Å². The molecule has 0 radical (unpaired) electrons. The molecule has 1 amide bonds. The van der Waals surface area contributed by atoms with Crippen molar-refractivity contribution in [2.24, 2.45) is 5.92 Å². The van der Waals surface area contributed by atoms with Gasteiger partial charge in [-0.25, -0.2) is 0 Å². The highest BCUT2D eigenvalue weighted by molar-refractivity contribution is 5.92. The summed E-state index contributed by atoms with van der Waals surface area (Å²) in [6, 6.07) is 7.01. The first-order valence-corrected chi connectivity index (χ1v) is 6.77. The zero-order valence-electron chi connectivity index (χ0n) is 10.9. The predicted molar refractivity (Wildman–Crippen MR) is 73.0 cm³/mol.